The zero-order chi connectivity index (χ0) is 22.8. The van der Waals surface area contributed by atoms with Crippen LogP contribution < -0.4 is 5.32 Å². The predicted octanol–water partition coefficient (Wildman–Crippen LogP) is 3.63. The summed E-state index contributed by atoms with van der Waals surface area (Å²) in [7, 11) is 0. The van der Waals surface area contributed by atoms with Gasteiger partial charge in [-0.2, -0.15) is 0 Å². The molecular formula is C24H28N2O5. The molecule has 0 saturated carbocycles. The number of carboxylic acid groups (broad SMARTS) is 1. The monoisotopic (exact) mass is 424 g/mol. The summed E-state index contributed by atoms with van der Waals surface area (Å²) in [6.45, 7) is 6.44. The van der Waals surface area contributed by atoms with Gasteiger partial charge in [0.25, 0.3) is 0 Å². The summed E-state index contributed by atoms with van der Waals surface area (Å²) in [5.74, 6) is -1.68. The van der Waals surface area contributed by atoms with E-state index in [0.29, 0.717) is 0 Å². The molecule has 2 N–H and O–H groups in total. The first-order valence-electron chi connectivity index (χ1n) is 10.2. The number of amides is 2. The van der Waals surface area contributed by atoms with E-state index in [2.05, 4.69) is 17.4 Å². The second kappa shape index (κ2) is 8.79. The maximum atomic E-state index is 12.7. The summed E-state index contributed by atoms with van der Waals surface area (Å²) < 4.78 is 5.47. The number of nitrogens with zero attached hydrogens (tertiary/aromatic N) is 1. The minimum absolute atomic E-state index is 0.0813. The number of rotatable bonds is 6. The van der Waals surface area contributed by atoms with E-state index in [9.17, 15) is 14.4 Å². The van der Waals surface area contributed by atoms with Crippen LogP contribution >= 0.6 is 0 Å². The molecule has 0 heterocycles. The maximum absolute atomic E-state index is 12.7. The number of nitrogens with one attached hydrogen (secondary N) is 1. The Balaban J connectivity index is 1.65. The maximum Gasteiger partial charge on any atom is 0.407 e. The van der Waals surface area contributed by atoms with Gasteiger partial charge in [0.2, 0.25) is 5.91 Å². The van der Waals surface area contributed by atoms with Crippen molar-refractivity contribution in [2.24, 2.45) is 0 Å². The van der Waals surface area contributed by atoms with Crippen molar-refractivity contribution in [3.63, 3.8) is 0 Å². The normalized spacial score (nSPS) is 13.7. The van der Waals surface area contributed by atoms with E-state index in [4.69, 9.17) is 9.84 Å². The van der Waals surface area contributed by atoms with Crippen LogP contribution in [0.25, 0.3) is 11.1 Å². The molecule has 0 spiro atoms. The average Bonchev–Trinajstić information content (AvgIpc) is 3.03. The number of carboxylic acids is 1. The molecule has 7 nitrogen and oxygen atoms in total. The largest absolute Gasteiger partial charge is 0.480 e. The van der Waals surface area contributed by atoms with Gasteiger partial charge in [-0.05, 0) is 49.9 Å². The summed E-state index contributed by atoms with van der Waals surface area (Å²) in [4.78, 5) is 37.5. The number of fused-ring (bicyclic) bond motifs is 3. The topological polar surface area (TPSA) is 95.9 Å². The number of alkyl carbamates (subject to hydrolysis) is 1. The Morgan fingerprint density at radius 1 is 1.03 bits per heavy atom. The molecule has 1 aliphatic rings. The van der Waals surface area contributed by atoms with Gasteiger partial charge in [0.05, 0.1) is 0 Å². The number of ether oxygens (including phenoxy) is 1. The Kier molecular flexibility index (Phi) is 6.34. The van der Waals surface area contributed by atoms with Gasteiger partial charge in [-0.15, -0.1) is 0 Å². The standard InChI is InChI=1S/C24H28N2O5/c1-15(22(29)26(13-21(27)28)24(2,3)4)25-23(30)31-14-20-18-11-7-5-9-16(18)17-10-6-8-12-19(17)20/h5-12,15,20H,13-14H2,1-4H3,(H,25,30)(H,27,28)/t15-/m0/s1. The number of carbonyl (C=O) groups is 3. The van der Waals surface area contributed by atoms with Gasteiger partial charge in [0.1, 0.15) is 19.2 Å². The predicted molar refractivity (Wildman–Crippen MR) is 117 cm³/mol. The van der Waals surface area contributed by atoms with Gasteiger partial charge in [-0.1, -0.05) is 48.5 Å². The molecule has 1 atom stereocenters. The lowest BCUT2D eigenvalue weighted by molar-refractivity contribution is -0.149. The quantitative estimate of drug-likeness (QED) is 0.738. The van der Waals surface area contributed by atoms with Crippen molar-refractivity contribution in [3.8, 4) is 11.1 Å². The van der Waals surface area contributed by atoms with E-state index in [1.807, 2.05) is 36.4 Å². The van der Waals surface area contributed by atoms with Gasteiger partial charge in [0, 0.05) is 11.5 Å². The molecule has 3 rings (SSSR count). The molecular weight excluding hydrogens is 396 g/mol. The molecule has 0 aromatic heterocycles. The number of carbonyl (C=O) groups excluding carboxylic acids is 2. The average molecular weight is 424 g/mol. The highest BCUT2D eigenvalue weighted by atomic mass is 16.5. The molecule has 2 aromatic rings. The van der Waals surface area contributed by atoms with E-state index in [1.165, 1.54) is 11.8 Å². The van der Waals surface area contributed by atoms with E-state index >= 15 is 0 Å². The minimum atomic E-state index is -1.11. The summed E-state index contributed by atoms with van der Waals surface area (Å²) in [6, 6.07) is 15.1. The van der Waals surface area contributed by atoms with Crippen LogP contribution in [-0.2, 0) is 14.3 Å². The lowest BCUT2D eigenvalue weighted by Crippen LogP contribution is -2.55. The first-order chi connectivity index (χ1) is 14.6. The lowest BCUT2D eigenvalue weighted by Gasteiger charge is -2.36. The smallest absolute Gasteiger partial charge is 0.407 e. The van der Waals surface area contributed by atoms with Crippen molar-refractivity contribution in [2.75, 3.05) is 13.2 Å². The van der Waals surface area contributed by atoms with Crippen molar-refractivity contribution >= 4 is 18.0 Å². The van der Waals surface area contributed by atoms with Gasteiger partial charge >= 0.3 is 12.1 Å². The van der Waals surface area contributed by atoms with Crippen LogP contribution in [0.3, 0.4) is 0 Å². The second-order valence-corrected chi connectivity index (χ2v) is 8.68. The van der Waals surface area contributed by atoms with Crippen LogP contribution in [0, 0.1) is 0 Å². The van der Waals surface area contributed by atoms with Crippen LogP contribution in [0.15, 0.2) is 48.5 Å². The van der Waals surface area contributed by atoms with Crippen molar-refractivity contribution < 1.29 is 24.2 Å². The lowest BCUT2D eigenvalue weighted by atomic mass is 9.98. The van der Waals surface area contributed by atoms with Crippen molar-refractivity contribution in [2.45, 2.75) is 45.2 Å². The van der Waals surface area contributed by atoms with Crippen LogP contribution in [0.2, 0.25) is 0 Å². The third-order valence-electron chi connectivity index (χ3n) is 5.42. The van der Waals surface area contributed by atoms with Gasteiger partial charge < -0.3 is 20.1 Å². The summed E-state index contributed by atoms with van der Waals surface area (Å²) in [6.07, 6.45) is -0.716. The minimum Gasteiger partial charge on any atom is -0.480 e. The highest BCUT2D eigenvalue weighted by molar-refractivity contribution is 5.88. The van der Waals surface area contributed by atoms with Crippen LogP contribution in [0.4, 0.5) is 4.79 Å². The molecule has 0 unspecified atom stereocenters. The van der Waals surface area contributed by atoms with Gasteiger partial charge in [0.15, 0.2) is 0 Å². The number of hydrogen-bond acceptors (Lipinski definition) is 4. The fourth-order valence-electron chi connectivity index (χ4n) is 3.89. The summed E-state index contributed by atoms with van der Waals surface area (Å²) in [5.41, 5.74) is 3.75. The van der Waals surface area contributed by atoms with Crippen LogP contribution in [-0.4, -0.2) is 52.7 Å². The third kappa shape index (κ3) is 4.87. The Morgan fingerprint density at radius 2 is 1.55 bits per heavy atom. The van der Waals surface area contributed by atoms with Crippen molar-refractivity contribution in [3.05, 3.63) is 59.7 Å². The SMILES string of the molecule is C[C@H](NC(=O)OCC1c2ccccc2-c2ccccc21)C(=O)N(CC(=O)O)C(C)(C)C. The highest BCUT2D eigenvalue weighted by Gasteiger charge is 2.33. The van der Waals surface area contributed by atoms with Gasteiger partial charge in [-0.3, -0.25) is 9.59 Å². The molecule has 1 aliphatic carbocycles. The fraction of sp³-hybridized carbons (Fsp3) is 0.375. The highest BCUT2D eigenvalue weighted by Crippen LogP contribution is 2.44. The zero-order valence-corrected chi connectivity index (χ0v) is 18.2. The molecule has 0 aliphatic heterocycles. The summed E-state index contributed by atoms with van der Waals surface area (Å²) >= 11 is 0. The molecule has 0 bridgehead atoms. The number of benzene rings is 2. The number of aliphatic carboxylic acids is 1. The molecule has 2 amide bonds. The van der Waals surface area contributed by atoms with Crippen LogP contribution in [0.1, 0.15) is 44.7 Å². The fourth-order valence-corrected chi connectivity index (χ4v) is 3.89. The first-order valence-corrected chi connectivity index (χ1v) is 10.2. The van der Waals surface area contributed by atoms with E-state index in [-0.39, 0.29) is 12.5 Å². The zero-order valence-electron chi connectivity index (χ0n) is 18.2. The Bertz CT molecular complexity index is 950. The number of hydrogen-bond donors (Lipinski definition) is 2. The molecule has 2 aromatic carbocycles. The van der Waals surface area contributed by atoms with Gasteiger partial charge in [-0.25, -0.2) is 4.79 Å². The van der Waals surface area contributed by atoms with Crippen molar-refractivity contribution in [1.82, 2.24) is 10.2 Å². The Labute approximate surface area is 182 Å². The van der Waals surface area contributed by atoms with E-state index in [1.54, 1.807) is 20.8 Å². The Morgan fingerprint density at radius 3 is 2.03 bits per heavy atom. The van der Waals surface area contributed by atoms with Crippen LogP contribution in [0.5, 0.6) is 0 Å². The Hall–Kier alpha value is -3.35. The van der Waals surface area contributed by atoms with E-state index in [0.717, 1.165) is 22.3 Å². The second-order valence-electron chi connectivity index (χ2n) is 8.68. The molecule has 164 valence electrons. The molecule has 7 heteroatoms. The first kappa shape index (κ1) is 22.3. The summed E-state index contributed by atoms with van der Waals surface area (Å²) in [5, 5.41) is 11.7. The third-order valence-corrected chi connectivity index (χ3v) is 5.42. The molecule has 0 fully saturated rings. The molecule has 0 saturated heterocycles. The van der Waals surface area contributed by atoms with E-state index < -0.39 is 36.1 Å². The van der Waals surface area contributed by atoms with Crippen molar-refractivity contribution in [1.29, 1.82) is 0 Å². The molecule has 0 radical (unpaired) electrons. The molecule has 31 heavy (non-hydrogen) atoms.